The van der Waals surface area contributed by atoms with E-state index in [0.29, 0.717) is 10.8 Å². The monoisotopic (exact) mass is 436 g/mol. The van der Waals surface area contributed by atoms with E-state index in [0.717, 1.165) is 29.5 Å². The quantitative estimate of drug-likeness (QED) is 0.380. The molecule has 1 aliphatic carbocycles. The summed E-state index contributed by atoms with van der Waals surface area (Å²) in [4.78, 5) is 34.1. The van der Waals surface area contributed by atoms with Crippen molar-refractivity contribution >= 4 is 52.5 Å². The van der Waals surface area contributed by atoms with Gasteiger partial charge in [0.2, 0.25) is 5.91 Å². The zero-order valence-electron chi connectivity index (χ0n) is 15.4. The summed E-state index contributed by atoms with van der Waals surface area (Å²) in [6, 6.07) is 4.68. The standard InChI is InChI=1S/C18H20N4O5S2/c23-16(24)9-15-17(25)20-18(29-15)21-19-10-11-8-12(22(26)27)6-7-14(11)28-13-4-2-1-3-5-13/h6-8,10,13,15H,1-5,9H2,(H,23,24)(H,20,21,25). The van der Waals surface area contributed by atoms with E-state index in [2.05, 4.69) is 15.5 Å². The maximum absolute atomic E-state index is 11.7. The number of carbonyl (C=O) groups excluding carboxylic acids is 1. The predicted molar refractivity (Wildman–Crippen MR) is 113 cm³/mol. The van der Waals surface area contributed by atoms with Crippen molar-refractivity contribution in [2.75, 3.05) is 0 Å². The summed E-state index contributed by atoms with van der Waals surface area (Å²) in [5.74, 6) is -1.49. The number of benzene rings is 1. The number of carboxylic acids is 1. The highest BCUT2D eigenvalue weighted by molar-refractivity contribution is 8.15. The first-order valence-electron chi connectivity index (χ1n) is 9.18. The number of nitrogens with one attached hydrogen (secondary N) is 1. The van der Waals surface area contributed by atoms with Gasteiger partial charge in [-0.2, -0.15) is 5.10 Å². The Bertz CT molecular complexity index is 868. The van der Waals surface area contributed by atoms with Crippen LogP contribution in [0, 0.1) is 10.1 Å². The van der Waals surface area contributed by atoms with Gasteiger partial charge in [0.05, 0.1) is 17.6 Å². The number of nitro benzene ring substituents is 1. The average Bonchev–Trinajstić information content (AvgIpc) is 3.02. The Morgan fingerprint density at radius 1 is 1.38 bits per heavy atom. The molecule has 0 radical (unpaired) electrons. The van der Waals surface area contributed by atoms with Crippen LogP contribution < -0.4 is 5.32 Å². The van der Waals surface area contributed by atoms with Crippen LogP contribution in [0.15, 0.2) is 33.3 Å². The third-order valence-corrected chi connectivity index (χ3v) is 7.03. The Morgan fingerprint density at radius 3 is 2.83 bits per heavy atom. The highest BCUT2D eigenvalue weighted by atomic mass is 32.2. The lowest BCUT2D eigenvalue weighted by Crippen LogP contribution is -2.26. The Balaban J connectivity index is 1.75. The number of rotatable bonds is 7. The summed E-state index contributed by atoms with van der Waals surface area (Å²) >= 11 is 2.70. The van der Waals surface area contributed by atoms with Gasteiger partial charge < -0.3 is 10.4 Å². The van der Waals surface area contributed by atoms with Gasteiger partial charge in [-0.3, -0.25) is 19.7 Å². The first kappa shape index (κ1) is 21.3. The lowest BCUT2D eigenvalue weighted by Gasteiger charge is -2.21. The second-order valence-electron chi connectivity index (χ2n) is 6.70. The number of aliphatic carboxylic acids is 1. The summed E-state index contributed by atoms with van der Waals surface area (Å²) in [6.07, 6.45) is 7.00. The van der Waals surface area contributed by atoms with E-state index in [1.165, 1.54) is 37.6 Å². The predicted octanol–water partition coefficient (Wildman–Crippen LogP) is 3.42. The molecule has 2 fully saturated rings. The molecule has 0 aromatic heterocycles. The second-order valence-corrected chi connectivity index (χ2v) is 9.23. The lowest BCUT2D eigenvalue weighted by atomic mass is 10.0. The van der Waals surface area contributed by atoms with E-state index in [4.69, 9.17) is 5.11 Å². The molecular weight excluding hydrogens is 416 g/mol. The van der Waals surface area contributed by atoms with Gasteiger partial charge in [0.25, 0.3) is 5.69 Å². The van der Waals surface area contributed by atoms with Crippen molar-refractivity contribution in [1.82, 2.24) is 5.32 Å². The number of hydrogen-bond acceptors (Lipinski definition) is 8. The molecule has 29 heavy (non-hydrogen) atoms. The van der Waals surface area contributed by atoms with Crippen LogP contribution in [0.4, 0.5) is 5.69 Å². The van der Waals surface area contributed by atoms with Crippen molar-refractivity contribution in [2.45, 2.75) is 53.9 Å². The van der Waals surface area contributed by atoms with Gasteiger partial charge in [-0.1, -0.05) is 31.0 Å². The second kappa shape index (κ2) is 9.88. The van der Waals surface area contributed by atoms with Gasteiger partial charge >= 0.3 is 5.97 Å². The van der Waals surface area contributed by atoms with Crippen molar-refractivity contribution in [2.24, 2.45) is 10.2 Å². The van der Waals surface area contributed by atoms with Gasteiger partial charge in [-0.25, -0.2) is 0 Å². The molecule has 9 nitrogen and oxygen atoms in total. The first-order chi connectivity index (χ1) is 13.9. The van der Waals surface area contributed by atoms with Crippen LogP contribution in [-0.4, -0.2) is 43.8 Å². The number of carboxylic acid groups (broad SMARTS) is 1. The minimum Gasteiger partial charge on any atom is -0.481 e. The number of nitrogens with zero attached hydrogens (tertiary/aromatic N) is 3. The van der Waals surface area contributed by atoms with E-state index >= 15 is 0 Å². The number of nitro groups is 1. The zero-order chi connectivity index (χ0) is 20.8. The summed E-state index contributed by atoms with van der Waals surface area (Å²) < 4.78 is 0. The number of thioether (sulfide) groups is 2. The Kier molecular flexibility index (Phi) is 7.26. The van der Waals surface area contributed by atoms with Gasteiger partial charge in [0, 0.05) is 27.8 Å². The largest absolute Gasteiger partial charge is 0.481 e. The average molecular weight is 437 g/mol. The molecule has 1 unspecified atom stereocenters. The SMILES string of the molecule is O=C(O)CC1SC(=NN=Cc2cc([N+](=O)[O-])ccc2SC2CCCCC2)NC1=O. The third kappa shape index (κ3) is 6.04. The molecule has 3 rings (SSSR count). The number of amidine groups is 1. The maximum Gasteiger partial charge on any atom is 0.305 e. The zero-order valence-corrected chi connectivity index (χ0v) is 17.1. The molecule has 0 spiro atoms. The molecule has 2 aliphatic rings. The van der Waals surface area contributed by atoms with Crippen LogP contribution in [0.2, 0.25) is 0 Å². The van der Waals surface area contributed by atoms with Crippen molar-refractivity contribution < 1.29 is 19.6 Å². The van der Waals surface area contributed by atoms with E-state index in [9.17, 15) is 19.7 Å². The van der Waals surface area contributed by atoms with Crippen LogP contribution >= 0.6 is 23.5 Å². The molecule has 1 heterocycles. The summed E-state index contributed by atoms with van der Waals surface area (Å²) in [5.41, 5.74) is 0.563. The smallest absolute Gasteiger partial charge is 0.305 e. The van der Waals surface area contributed by atoms with Crippen molar-refractivity contribution in [3.05, 3.63) is 33.9 Å². The van der Waals surface area contributed by atoms with Gasteiger partial charge in [-0.05, 0) is 18.9 Å². The third-order valence-electron chi connectivity index (χ3n) is 4.53. The molecule has 154 valence electrons. The van der Waals surface area contributed by atoms with Gasteiger partial charge in [0.1, 0.15) is 5.25 Å². The number of carbonyl (C=O) groups is 2. The van der Waals surface area contributed by atoms with Crippen LogP contribution in [0.1, 0.15) is 44.1 Å². The van der Waals surface area contributed by atoms with Crippen LogP contribution in [-0.2, 0) is 9.59 Å². The molecule has 1 atom stereocenters. The van der Waals surface area contributed by atoms with Crippen LogP contribution in [0.5, 0.6) is 0 Å². The maximum atomic E-state index is 11.7. The van der Waals surface area contributed by atoms with E-state index < -0.39 is 22.0 Å². The molecule has 1 aromatic carbocycles. The number of hydrogen-bond donors (Lipinski definition) is 2. The first-order valence-corrected chi connectivity index (χ1v) is 10.9. The fraction of sp³-hybridized carbons (Fsp3) is 0.444. The Hall–Kier alpha value is -2.40. The minimum atomic E-state index is -1.07. The molecule has 1 aromatic rings. The van der Waals surface area contributed by atoms with Crippen LogP contribution in [0.25, 0.3) is 0 Å². The summed E-state index contributed by atoms with van der Waals surface area (Å²) in [6.45, 7) is 0. The summed E-state index contributed by atoms with van der Waals surface area (Å²) in [5, 5.41) is 30.3. The molecular formula is C18H20N4O5S2. The minimum absolute atomic E-state index is 0.0304. The fourth-order valence-electron chi connectivity index (χ4n) is 3.11. The van der Waals surface area contributed by atoms with Gasteiger partial charge in [-0.15, -0.1) is 16.9 Å². The Morgan fingerprint density at radius 2 is 2.14 bits per heavy atom. The van der Waals surface area contributed by atoms with Gasteiger partial charge in [0.15, 0.2) is 5.17 Å². The molecule has 0 bridgehead atoms. The summed E-state index contributed by atoms with van der Waals surface area (Å²) in [7, 11) is 0. The molecule has 1 amide bonds. The van der Waals surface area contributed by atoms with E-state index in [-0.39, 0.29) is 17.3 Å². The van der Waals surface area contributed by atoms with Crippen molar-refractivity contribution in [3.63, 3.8) is 0 Å². The van der Waals surface area contributed by atoms with Crippen LogP contribution in [0.3, 0.4) is 0 Å². The van der Waals surface area contributed by atoms with Crippen molar-refractivity contribution in [3.8, 4) is 0 Å². The molecule has 1 saturated carbocycles. The molecule has 11 heteroatoms. The molecule has 1 saturated heterocycles. The fourth-order valence-corrected chi connectivity index (χ4v) is 5.35. The lowest BCUT2D eigenvalue weighted by molar-refractivity contribution is -0.384. The van der Waals surface area contributed by atoms with E-state index in [1.54, 1.807) is 17.8 Å². The molecule has 1 aliphatic heterocycles. The number of non-ortho nitro benzene ring substituents is 1. The molecule has 2 N–H and O–H groups in total. The normalized spacial score (nSPS) is 21.6. The van der Waals surface area contributed by atoms with E-state index in [1.807, 2.05) is 0 Å². The highest BCUT2D eigenvalue weighted by Crippen LogP contribution is 2.36. The number of amides is 1. The van der Waals surface area contributed by atoms with Crippen molar-refractivity contribution in [1.29, 1.82) is 0 Å². The topological polar surface area (TPSA) is 134 Å². The highest BCUT2D eigenvalue weighted by Gasteiger charge is 2.32. The Labute approximate surface area is 175 Å².